The molecule has 6 aliphatic rings. The highest BCUT2D eigenvalue weighted by Crippen LogP contribution is 2.56. The van der Waals surface area contributed by atoms with E-state index in [4.69, 9.17) is 9.47 Å². The van der Waals surface area contributed by atoms with Gasteiger partial charge >= 0.3 is 0 Å². The van der Waals surface area contributed by atoms with Crippen LogP contribution in [0, 0.1) is 0 Å². The van der Waals surface area contributed by atoms with Gasteiger partial charge in [-0.1, -0.05) is 348 Å². The molecule has 0 aromatic heterocycles. The first-order valence-electron chi connectivity index (χ1n) is 53.6. The predicted octanol–water partition coefficient (Wildman–Crippen LogP) is 34.5. The first kappa shape index (κ1) is 99.9. The van der Waals surface area contributed by atoms with Gasteiger partial charge in [-0.25, -0.2) is 0 Å². The van der Waals surface area contributed by atoms with E-state index in [0.29, 0.717) is 11.8 Å². The monoisotopic (exact) mass is 1840 g/mol. The SMILES string of the molecule is CCCCc1cc(CCCC)cc(N2c3cc(N(c4cc(C(C)(C)C)cc(C(C)(C)C)c4)c4cc(C(C)(C)C)cc(C(C)(C)C)c4)cc4c3B(c3cc5c(cc3O4)B3c4ccc(C(C)(C)C)cc4N(c4cc(C(C)(C)C)cc(C(C)(C)C)c4)c4cc(N(c6cc(C(C)(C)C)cc(C(C)(C)C)c6)c6cc(C(C)(C)C)cc(C(C)(C)C)c6)cc(c43)O5)c3c(C4CCCCC4)cc(C4CCCCC4)cc32)c1. The van der Waals surface area contributed by atoms with Crippen molar-refractivity contribution in [3.63, 3.8) is 0 Å². The Morgan fingerprint density at radius 2 is 0.565 bits per heavy atom. The Balaban J connectivity index is 1.03. The highest BCUT2D eigenvalue weighted by Gasteiger charge is 2.51. The van der Waals surface area contributed by atoms with Crippen LogP contribution in [0.3, 0.4) is 0 Å². The molecule has 0 N–H and O–H groups in total. The lowest BCUT2D eigenvalue weighted by molar-refractivity contribution is 0.436. The minimum atomic E-state index is -0.304. The molecule has 0 atom stereocenters. The molecule has 0 unspecified atom stereocenters. The quantitative estimate of drug-likeness (QED) is 0.0897. The highest BCUT2D eigenvalue weighted by atomic mass is 16.5. The molecule has 726 valence electrons. The van der Waals surface area contributed by atoms with Gasteiger partial charge in [0.05, 0.1) is 11.4 Å². The van der Waals surface area contributed by atoms with E-state index in [-0.39, 0.29) is 73.0 Å². The summed E-state index contributed by atoms with van der Waals surface area (Å²) >= 11 is 0. The topological polar surface area (TPSA) is 31.4 Å². The Bertz CT molecular complexity index is 6160. The Morgan fingerprint density at radius 3 is 0.913 bits per heavy atom. The molecule has 0 saturated heterocycles. The van der Waals surface area contributed by atoms with Crippen molar-refractivity contribution in [1.82, 2.24) is 0 Å². The molecule has 0 amide bonds. The lowest BCUT2D eigenvalue weighted by atomic mass is 9.31. The second-order valence-electron chi connectivity index (χ2n) is 54.4. The molecule has 0 bridgehead atoms. The molecule has 0 radical (unpaired) electrons. The van der Waals surface area contributed by atoms with E-state index < -0.39 is 0 Å². The number of benzene rings is 11. The van der Waals surface area contributed by atoms with Crippen LogP contribution < -0.4 is 61.9 Å². The Labute approximate surface area is 836 Å². The van der Waals surface area contributed by atoms with Crippen molar-refractivity contribution in [3.8, 4) is 23.0 Å². The Kier molecular flexibility index (Phi) is 25.9. The average molecular weight is 1840 g/mol. The van der Waals surface area contributed by atoms with E-state index in [1.165, 1.54) is 181 Å². The van der Waals surface area contributed by atoms with Crippen molar-refractivity contribution >= 4 is 114 Å². The predicted molar refractivity (Wildman–Crippen MR) is 602 cm³/mol. The summed E-state index contributed by atoms with van der Waals surface area (Å²) in [4.78, 5) is 10.8. The number of fused-ring (bicyclic) bond motifs is 8. The van der Waals surface area contributed by atoms with Crippen LogP contribution in [0.15, 0.2) is 176 Å². The maximum atomic E-state index is 8.54. The number of anilines is 12. The molecule has 11 aromatic carbocycles. The zero-order valence-corrected chi connectivity index (χ0v) is 92.0. The molecule has 2 saturated carbocycles. The van der Waals surface area contributed by atoms with Crippen molar-refractivity contribution < 1.29 is 9.47 Å². The minimum Gasteiger partial charge on any atom is -0.458 e. The number of nitrogens with zero attached hydrogens (tertiary/aromatic N) is 4. The molecule has 17 rings (SSSR count). The molecule has 8 heteroatoms. The van der Waals surface area contributed by atoms with E-state index in [1.807, 2.05) is 0 Å². The molecule has 4 heterocycles. The number of ether oxygens (including phenoxy) is 2. The van der Waals surface area contributed by atoms with E-state index in [9.17, 15) is 0 Å². The fourth-order valence-corrected chi connectivity index (χ4v) is 22.7. The van der Waals surface area contributed by atoms with Gasteiger partial charge in [-0.05, 0) is 348 Å². The van der Waals surface area contributed by atoms with Gasteiger partial charge in [-0.2, -0.15) is 0 Å². The van der Waals surface area contributed by atoms with Crippen molar-refractivity contribution in [2.24, 2.45) is 0 Å². The number of aryl methyl sites for hydroxylation is 2. The van der Waals surface area contributed by atoms with Gasteiger partial charge in [0.1, 0.15) is 23.0 Å². The Morgan fingerprint density at radius 1 is 0.261 bits per heavy atom. The van der Waals surface area contributed by atoms with E-state index >= 15 is 0 Å². The summed E-state index contributed by atoms with van der Waals surface area (Å²) in [5.41, 5.74) is 39.5. The van der Waals surface area contributed by atoms with Gasteiger partial charge in [0.25, 0.3) is 13.4 Å². The third-order valence-corrected chi connectivity index (χ3v) is 31.8. The zero-order valence-electron chi connectivity index (χ0n) is 92.0. The Hall–Kier alpha value is -9.65. The van der Waals surface area contributed by atoms with Crippen molar-refractivity contribution in [2.75, 3.05) is 19.6 Å². The summed E-state index contributed by atoms with van der Waals surface area (Å²) in [7, 11) is 0. The van der Waals surface area contributed by atoms with Crippen LogP contribution in [0.4, 0.5) is 68.2 Å². The van der Waals surface area contributed by atoms with Crippen LogP contribution in [0.25, 0.3) is 0 Å². The van der Waals surface area contributed by atoms with Crippen LogP contribution in [0.5, 0.6) is 23.0 Å². The summed E-state index contributed by atoms with van der Waals surface area (Å²) in [5, 5.41) is 0. The van der Waals surface area contributed by atoms with Crippen LogP contribution >= 0.6 is 0 Å². The molecule has 6 nitrogen and oxygen atoms in total. The van der Waals surface area contributed by atoms with Crippen molar-refractivity contribution in [2.45, 2.75) is 416 Å². The number of hydrogen-bond donors (Lipinski definition) is 0. The maximum Gasteiger partial charge on any atom is 0.256 e. The first-order valence-corrected chi connectivity index (χ1v) is 53.6. The lowest BCUT2D eigenvalue weighted by Crippen LogP contribution is -2.63. The van der Waals surface area contributed by atoms with Crippen LogP contribution in [-0.4, -0.2) is 13.4 Å². The molecule has 2 fully saturated rings. The van der Waals surface area contributed by atoms with E-state index in [1.54, 1.807) is 5.56 Å². The third-order valence-electron chi connectivity index (χ3n) is 31.8. The lowest BCUT2D eigenvalue weighted by Gasteiger charge is -2.45. The summed E-state index contributed by atoms with van der Waals surface area (Å²) in [5.74, 6) is 4.37. The summed E-state index contributed by atoms with van der Waals surface area (Å²) in [6, 6.07) is 74.0. The van der Waals surface area contributed by atoms with Gasteiger partial charge in [-0.15, -0.1) is 0 Å². The summed E-state index contributed by atoms with van der Waals surface area (Å²) < 4.78 is 17.0. The molecular formula is C130H168B2N4O2. The molecule has 11 aromatic rings. The second-order valence-corrected chi connectivity index (χ2v) is 54.4. The first-order chi connectivity index (χ1) is 64.2. The van der Waals surface area contributed by atoms with Gasteiger partial charge in [0.15, 0.2) is 0 Å². The largest absolute Gasteiger partial charge is 0.458 e. The molecule has 0 spiro atoms. The normalized spacial score (nSPS) is 15.7. The number of hydrogen-bond acceptors (Lipinski definition) is 6. The smallest absolute Gasteiger partial charge is 0.256 e. The van der Waals surface area contributed by atoms with Gasteiger partial charge in [0.2, 0.25) is 0 Å². The third kappa shape index (κ3) is 19.7. The summed E-state index contributed by atoms with van der Waals surface area (Å²) in [6.45, 7) is 83.1. The highest BCUT2D eigenvalue weighted by molar-refractivity contribution is 7.01. The maximum absolute atomic E-state index is 8.54. The summed E-state index contributed by atoms with van der Waals surface area (Å²) in [6.07, 6.45) is 18.8. The van der Waals surface area contributed by atoms with Gasteiger partial charge in [0, 0.05) is 69.0 Å². The standard InChI is InChI=1S/C130H168B2N4O2/c1-36-38-46-81-54-82(47-39-37-2)56-97(55-81)136-110-58-85(83-48-42-40-43-49-83)57-105(84-50-44-41-45-51-84)117(110)132-108-80-113-107(79-114(108)138-116-78-104(76-112(136)119(116)132)134(100-68-91(125(18,19)20)61-92(69-100)126(21,22)23)101-70-93(127(24,25)26)62-94(71-101)128(27,28)29)131-106-53-52-86(120(3,4)5)74-109(106)135(102-72-95(129(30,31)32)63-96(73-102)130(33,34)35)111-75-103(77-115(137-113)118(111)131)133(98-64-87(121(6,7)8)59-88(65-98)122(9,10)11)99-66-89(123(12,13)14)60-90(67-99)124(15,16)17/h52-80,83-84H,36-51H2,1-35H3. The molecule has 4 aliphatic heterocycles. The van der Waals surface area contributed by atoms with Gasteiger partial charge in [-0.3, -0.25) is 0 Å². The minimum absolute atomic E-state index is 0.172. The van der Waals surface area contributed by atoms with Crippen LogP contribution in [0.1, 0.15) is 428 Å². The number of rotatable bonds is 16. The second kappa shape index (κ2) is 35.8. The zero-order chi connectivity index (χ0) is 99.7. The molecule has 138 heavy (non-hydrogen) atoms. The fourth-order valence-electron chi connectivity index (χ4n) is 22.7. The molecule has 2 aliphatic carbocycles. The number of unbranched alkanes of at least 4 members (excludes halogenated alkanes) is 2. The molecular weight excluding hydrogens is 1670 g/mol. The van der Waals surface area contributed by atoms with Crippen LogP contribution in [-0.2, 0) is 72.4 Å². The van der Waals surface area contributed by atoms with Gasteiger partial charge < -0.3 is 29.1 Å². The van der Waals surface area contributed by atoms with Crippen molar-refractivity contribution in [1.29, 1.82) is 0 Å². The van der Waals surface area contributed by atoms with E-state index in [0.717, 1.165) is 123 Å². The van der Waals surface area contributed by atoms with Crippen LogP contribution in [0.2, 0.25) is 0 Å². The fraction of sp³-hybridized carbons (Fsp3) is 0.492. The van der Waals surface area contributed by atoms with Crippen molar-refractivity contribution in [3.05, 3.63) is 259 Å². The van der Waals surface area contributed by atoms with E-state index in [2.05, 4.69) is 438 Å². The average Bonchev–Trinajstić information content (AvgIpc) is 0.685.